The highest BCUT2D eigenvalue weighted by molar-refractivity contribution is 5.74. The summed E-state index contributed by atoms with van der Waals surface area (Å²) >= 11 is 0. The minimum absolute atomic E-state index is 0.123. The van der Waals surface area contributed by atoms with Crippen molar-refractivity contribution < 1.29 is 9.53 Å². The van der Waals surface area contributed by atoms with Crippen molar-refractivity contribution in [3.63, 3.8) is 0 Å². The molecule has 0 fully saturated rings. The Morgan fingerprint density at radius 2 is 2.14 bits per heavy atom. The number of rotatable bonds is 6. The van der Waals surface area contributed by atoms with Crippen LogP contribution in [-0.4, -0.2) is 20.7 Å². The molecule has 2 rings (SSSR count). The highest BCUT2D eigenvalue weighted by Crippen LogP contribution is 2.12. The van der Waals surface area contributed by atoms with Crippen molar-refractivity contribution in [2.45, 2.75) is 33.4 Å². The average Bonchev–Trinajstić information content (AvgIpc) is 2.85. The molecule has 0 radical (unpaired) electrons. The van der Waals surface area contributed by atoms with E-state index in [9.17, 15) is 4.79 Å². The zero-order chi connectivity index (χ0) is 15.2. The van der Waals surface area contributed by atoms with Crippen LogP contribution in [0.4, 0.5) is 5.69 Å². The molecule has 0 unspecified atom stereocenters. The van der Waals surface area contributed by atoms with Crippen molar-refractivity contribution in [1.82, 2.24) is 14.8 Å². The molecule has 0 spiro atoms. The number of esters is 1. The molecule has 0 bridgehead atoms. The van der Waals surface area contributed by atoms with Gasteiger partial charge in [0.05, 0.1) is 6.42 Å². The average molecular weight is 288 g/mol. The van der Waals surface area contributed by atoms with Crippen LogP contribution in [0, 0.1) is 5.92 Å². The number of carbonyl (C=O) groups excluding carboxylic acids is 1. The molecule has 6 heteroatoms. The third-order valence-electron chi connectivity index (χ3n) is 2.99. The lowest BCUT2D eigenvalue weighted by molar-refractivity contribution is -0.144. The van der Waals surface area contributed by atoms with E-state index in [0.717, 1.165) is 12.1 Å². The zero-order valence-electron chi connectivity index (χ0n) is 12.3. The van der Waals surface area contributed by atoms with Gasteiger partial charge in [0.15, 0.2) is 12.4 Å². The van der Waals surface area contributed by atoms with Crippen molar-refractivity contribution in [2.24, 2.45) is 5.92 Å². The van der Waals surface area contributed by atoms with Crippen LogP contribution in [0.1, 0.15) is 25.2 Å². The molecule has 0 amide bonds. The largest absolute Gasteiger partial charge is 0.457 e. The molecule has 0 atom stereocenters. The predicted molar refractivity (Wildman–Crippen MR) is 79.2 cm³/mol. The highest BCUT2D eigenvalue weighted by Gasteiger charge is 2.11. The second-order valence-electron chi connectivity index (χ2n) is 5.29. The van der Waals surface area contributed by atoms with Gasteiger partial charge in [-0.05, 0) is 17.5 Å². The topological polar surface area (TPSA) is 83.0 Å². The summed E-state index contributed by atoms with van der Waals surface area (Å²) in [6.45, 7) is 5.06. The van der Waals surface area contributed by atoms with Crippen LogP contribution in [0.3, 0.4) is 0 Å². The quantitative estimate of drug-likeness (QED) is 0.647. The molecule has 112 valence electrons. The molecular weight excluding hydrogens is 268 g/mol. The Kier molecular flexibility index (Phi) is 4.92. The van der Waals surface area contributed by atoms with Gasteiger partial charge in [-0.1, -0.05) is 32.0 Å². The number of carbonyl (C=O) groups is 1. The van der Waals surface area contributed by atoms with E-state index in [1.54, 1.807) is 10.7 Å². The first-order valence-corrected chi connectivity index (χ1v) is 6.92. The second-order valence-corrected chi connectivity index (χ2v) is 5.29. The molecule has 0 aliphatic heterocycles. The van der Waals surface area contributed by atoms with Gasteiger partial charge in [0.2, 0.25) is 0 Å². The summed E-state index contributed by atoms with van der Waals surface area (Å²) in [5.74, 6) is 0.773. The fraction of sp³-hybridized carbons (Fsp3) is 0.400. The predicted octanol–water partition coefficient (Wildman–Crippen LogP) is 1.80. The van der Waals surface area contributed by atoms with E-state index in [1.165, 1.54) is 6.33 Å². The van der Waals surface area contributed by atoms with Crippen LogP contribution in [0.5, 0.6) is 0 Å². The van der Waals surface area contributed by atoms with Gasteiger partial charge >= 0.3 is 5.97 Å². The van der Waals surface area contributed by atoms with Gasteiger partial charge in [-0.15, -0.1) is 0 Å². The standard InChI is InChI=1S/C15H20N4O2/c1-11(2)8-19-14(17-10-18-19)9-21-15(20)7-12-5-3-4-6-13(12)16/h3-6,10-11H,7-9,16H2,1-2H3. The molecule has 0 aliphatic rings. The summed E-state index contributed by atoms with van der Waals surface area (Å²) in [6.07, 6.45) is 1.63. The Bertz CT molecular complexity index is 607. The maximum absolute atomic E-state index is 11.9. The van der Waals surface area contributed by atoms with Crippen LogP contribution in [0.25, 0.3) is 0 Å². The van der Waals surface area contributed by atoms with E-state index in [-0.39, 0.29) is 19.0 Å². The number of aromatic nitrogens is 3. The minimum Gasteiger partial charge on any atom is -0.457 e. The number of hydrogen-bond acceptors (Lipinski definition) is 5. The Morgan fingerprint density at radius 1 is 1.38 bits per heavy atom. The summed E-state index contributed by atoms with van der Waals surface area (Å²) in [4.78, 5) is 16.0. The van der Waals surface area contributed by atoms with Gasteiger partial charge in [-0.3, -0.25) is 4.79 Å². The van der Waals surface area contributed by atoms with Crippen molar-refractivity contribution in [3.8, 4) is 0 Å². The van der Waals surface area contributed by atoms with Crippen molar-refractivity contribution in [3.05, 3.63) is 42.0 Å². The number of nitrogens with zero attached hydrogens (tertiary/aromatic N) is 3. The number of para-hydroxylation sites is 1. The van der Waals surface area contributed by atoms with Gasteiger partial charge in [0.1, 0.15) is 6.33 Å². The van der Waals surface area contributed by atoms with Gasteiger partial charge in [-0.25, -0.2) is 9.67 Å². The summed E-state index contributed by atoms with van der Waals surface area (Å²) in [7, 11) is 0. The SMILES string of the molecule is CC(C)Cn1ncnc1COC(=O)Cc1ccccc1N. The monoisotopic (exact) mass is 288 g/mol. The lowest BCUT2D eigenvalue weighted by Gasteiger charge is -2.09. The van der Waals surface area contributed by atoms with Crippen LogP contribution in [0.15, 0.2) is 30.6 Å². The smallest absolute Gasteiger partial charge is 0.310 e. The highest BCUT2D eigenvalue weighted by atomic mass is 16.5. The Labute approximate surface area is 123 Å². The molecule has 0 aliphatic carbocycles. The summed E-state index contributed by atoms with van der Waals surface area (Å²) in [6, 6.07) is 7.26. The zero-order valence-corrected chi connectivity index (χ0v) is 12.3. The lowest BCUT2D eigenvalue weighted by Crippen LogP contribution is -2.14. The third kappa shape index (κ3) is 4.30. The van der Waals surface area contributed by atoms with Crippen LogP contribution in [0.2, 0.25) is 0 Å². The normalized spacial score (nSPS) is 10.8. The molecule has 0 saturated carbocycles. The van der Waals surface area contributed by atoms with E-state index < -0.39 is 0 Å². The molecule has 0 saturated heterocycles. The first-order chi connectivity index (χ1) is 10.1. The molecular formula is C15H20N4O2. The maximum Gasteiger partial charge on any atom is 0.310 e. The Morgan fingerprint density at radius 3 is 2.86 bits per heavy atom. The molecule has 1 aromatic heterocycles. The number of nitrogens with two attached hydrogens (primary N) is 1. The number of benzene rings is 1. The molecule has 6 nitrogen and oxygen atoms in total. The molecule has 1 aromatic carbocycles. The maximum atomic E-state index is 11.9. The minimum atomic E-state index is -0.327. The number of anilines is 1. The second kappa shape index (κ2) is 6.88. The number of ether oxygens (including phenoxy) is 1. The van der Waals surface area contributed by atoms with Crippen molar-refractivity contribution in [1.29, 1.82) is 0 Å². The third-order valence-corrected chi connectivity index (χ3v) is 2.99. The molecule has 2 N–H and O–H groups in total. The van der Waals surface area contributed by atoms with Gasteiger partial charge in [0, 0.05) is 12.2 Å². The number of hydrogen-bond donors (Lipinski definition) is 1. The van der Waals surface area contributed by atoms with Crippen LogP contribution in [-0.2, 0) is 29.1 Å². The molecule has 2 aromatic rings. The fourth-order valence-corrected chi connectivity index (χ4v) is 1.95. The summed E-state index contributed by atoms with van der Waals surface area (Å²) in [5.41, 5.74) is 7.17. The van der Waals surface area contributed by atoms with E-state index in [0.29, 0.717) is 17.4 Å². The van der Waals surface area contributed by atoms with E-state index in [4.69, 9.17) is 10.5 Å². The van der Waals surface area contributed by atoms with E-state index in [1.807, 2.05) is 18.2 Å². The molecule has 1 heterocycles. The van der Waals surface area contributed by atoms with E-state index >= 15 is 0 Å². The van der Waals surface area contributed by atoms with Crippen LogP contribution >= 0.6 is 0 Å². The molecule has 21 heavy (non-hydrogen) atoms. The van der Waals surface area contributed by atoms with Crippen molar-refractivity contribution in [2.75, 3.05) is 5.73 Å². The fourth-order valence-electron chi connectivity index (χ4n) is 1.95. The van der Waals surface area contributed by atoms with E-state index in [2.05, 4.69) is 23.9 Å². The Balaban J connectivity index is 1.90. The summed E-state index contributed by atoms with van der Waals surface area (Å²) < 4.78 is 7.01. The Hall–Kier alpha value is -2.37. The van der Waals surface area contributed by atoms with Crippen LogP contribution < -0.4 is 5.73 Å². The van der Waals surface area contributed by atoms with Crippen molar-refractivity contribution >= 4 is 11.7 Å². The summed E-state index contributed by atoms with van der Waals surface area (Å²) in [5, 5.41) is 4.13. The number of nitrogen functional groups attached to an aromatic ring is 1. The van der Waals surface area contributed by atoms with Gasteiger partial charge in [-0.2, -0.15) is 5.10 Å². The lowest BCUT2D eigenvalue weighted by atomic mass is 10.1. The first kappa shape index (κ1) is 15.0. The van der Waals surface area contributed by atoms with Gasteiger partial charge < -0.3 is 10.5 Å². The van der Waals surface area contributed by atoms with Gasteiger partial charge in [0.25, 0.3) is 0 Å². The first-order valence-electron chi connectivity index (χ1n) is 6.92.